The molecule has 0 saturated heterocycles. The number of ether oxygens (including phenoxy) is 3. The van der Waals surface area contributed by atoms with Crippen LogP contribution in [0.4, 0.5) is 0 Å². The summed E-state index contributed by atoms with van der Waals surface area (Å²) >= 11 is 12.0. The Balaban J connectivity index is 1.64. The molecule has 0 N–H and O–H groups in total. The normalized spacial score (nSPS) is 10.9. The highest BCUT2D eigenvalue weighted by Gasteiger charge is 2.09. The van der Waals surface area contributed by atoms with Crippen molar-refractivity contribution in [3.63, 3.8) is 0 Å². The number of allylic oxidation sites excluding steroid dienone is 1. The first-order chi connectivity index (χ1) is 14.0. The summed E-state index contributed by atoms with van der Waals surface area (Å²) in [5, 5.41) is 0.989. The van der Waals surface area contributed by atoms with E-state index < -0.39 is 0 Å². The summed E-state index contributed by atoms with van der Waals surface area (Å²) in [7, 11) is 3.06. The third-order valence-corrected chi connectivity index (χ3v) is 4.56. The topological polar surface area (TPSA) is 57.9 Å². The molecule has 2 aromatic carbocycles. The first-order valence-electron chi connectivity index (χ1n) is 8.61. The van der Waals surface area contributed by atoms with Gasteiger partial charge in [0.2, 0.25) is 0 Å². The molecule has 1 aromatic heterocycles. The van der Waals surface area contributed by atoms with Crippen LogP contribution in [0.5, 0.6) is 17.2 Å². The maximum atomic E-state index is 12.4. The van der Waals surface area contributed by atoms with Crippen molar-refractivity contribution < 1.29 is 23.4 Å². The first kappa shape index (κ1) is 20.8. The van der Waals surface area contributed by atoms with Gasteiger partial charge in [0.05, 0.1) is 19.2 Å². The van der Waals surface area contributed by atoms with Crippen molar-refractivity contribution in [3.05, 3.63) is 81.7 Å². The van der Waals surface area contributed by atoms with E-state index in [1.807, 2.05) is 0 Å². The van der Waals surface area contributed by atoms with Gasteiger partial charge in [-0.05, 0) is 54.6 Å². The van der Waals surface area contributed by atoms with Gasteiger partial charge >= 0.3 is 0 Å². The smallest absolute Gasteiger partial charge is 0.186 e. The largest absolute Gasteiger partial charge is 0.493 e. The van der Waals surface area contributed by atoms with Crippen molar-refractivity contribution in [2.24, 2.45) is 0 Å². The molecule has 7 heteroatoms. The Kier molecular flexibility index (Phi) is 6.86. The molecule has 0 fully saturated rings. The Hall–Kier alpha value is -2.89. The Labute approximate surface area is 178 Å². The second-order valence-corrected chi connectivity index (χ2v) is 6.78. The number of carbonyl (C=O) groups is 1. The molecule has 0 amide bonds. The summed E-state index contributed by atoms with van der Waals surface area (Å²) in [4.78, 5) is 12.4. The van der Waals surface area contributed by atoms with Crippen molar-refractivity contribution in [1.29, 1.82) is 0 Å². The van der Waals surface area contributed by atoms with E-state index in [-0.39, 0.29) is 12.4 Å². The number of rotatable bonds is 8. The zero-order valence-corrected chi connectivity index (χ0v) is 17.3. The van der Waals surface area contributed by atoms with E-state index in [0.717, 1.165) is 0 Å². The van der Waals surface area contributed by atoms with Gasteiger partial charge in [0, 0.05) is 16.7 Å². The minimum atomic E-state index is -0.189. The molecular formula is C22H18Cl2O5. The molecule has 5 nitrogen and oxygen atoms in total. The van der Waals surface area contributed by atoms with Crippen LogP contribution in [0.15, 0.2) is 59.0 Å². The predicted molar refractivity (Wildman–Crippen MR) is 112 cm³/mol. The standard InChI is InChI=1S/C22H18Cl2O5/c1-26-20-10-3-14(11-22(20)27-2)19(25)9-7-16-5-6-17(29-16)13-28-21-12-15(23)4-8-18(21)24/h3-12H,13H2,1-2H3/b9-7+. The van der Waals surface area contributed by atoms with E-state index in [9.17, 15) is 4.79 Å². The highest BCUT2D eigenvalue weighted by molar-refractivity contribution is 6.34. The molecular weight excluding hydrogens is 415 g/mol. The van der Waals surface area contributed by atoms with Gasteiger partial charge in [-0.25, -0.2) is 0 Å². The number of hydrogen-bond donors (Lipinski definition) is 0. The molecule has 150 valence electrons. The van der Waals surface area contributed by atoms with Crippen molar-refractivity contribution in [1.82, 2.24) is 0 Å². The molecule has 0 radical (unpaired) electrons. The van der Waals surface area contributed by atoms with E-state index in [0.29, 0.717) is 44.4 Å². The number of methoxy groups -OCH3 is 2. The van der Waals surface area contributed by atoms with Crippen molar-refractivity contribution in [3.8, 4) is 17.2 Å². The zero-order valence-electron chi connectivity index (χ0n) is 15.8. The molecule has 0 bridgehead atoms. The van der Waals surface area contributed by atoms with Gasteiger partial charge in [0.15, 0.2) is 17.3 Å². The summed E-state index contributed by atoms with van der Waals surface area (Å²) in [6.07, 6.45) is 3.02. The maximum Gasteiger partial charge on any atom is 0.186 e. The lowest BCUT2D eigenvalue weighted by atomic mass is 10.1. The fourth-order valence-corrected chi connectivity index (χ4v) is 2.88. The number of hydrogen-bond acceptors (Lipinski definition) is 5. The molecule has 0 aliphatic heterocycles. The van der Waals surface area contributed by atoms with Crippen LogP contribution in [0, 0.1) is 0 Å². The van der Waals surface area contributed by atoms with Crippen LogP contribution in [0.2, 0.25) is 10.0 Å². The van der Waals surface area contributed by atoms with E-state index in [2.05, 4.69) is 0 Å². The van der Waals surface area contributed by atoms with Crippen LogP contribution in [0.25, 0.3) is 6.08 Å². The average molecular weight is 433 g/mol. The molecule has 0 saturated carbocycles. The average Bonchev–Trinajstić information content (AvgIpc) is 3.20. The van der Waals surface area contributed by atoms with Crippen LogP contribution >= 0.6 is 23.2 Å². The summed E-state index contributed by atoms with van der Waals surface area (Å²) in [6, 6.07) is 13.5. The molecule has 0 spiro atoms. The van der Waals surface area contributed by atoms with Crippen LogP contribution in [0.3, 0.4) is 0 Å². The van der Waals surface area contributed by atoms with Gasteiger partial charge in [-0.1, -0.05) is 23.2 Å². The highest BCUT2D eigenvalue weighted by Crippen LogP contribution is 2.29. The fraction of sp³-hybridized carbons (Fsp3) is 0.136. The Morgan fingerprint density at radius 1 is 0.966 bits per heavy atom. The summed E-state index contributed by atoms with van der Waals surface area (Å²) in [6.45, 7) is 0.178. The zero-order chi connectivity index (χ0) is 20.8. The Morgan fingerprint density at radius 3 is 2.52 bits per heavy atom. The first-order valence-corrected chi connectivity index (χ1v) is 9.36. The SMILES string of the molecule is COc1ccc(C(=O)/C=C/c2ccc(COc3cc(Cl)ccc3Cl)o2)cc1OC. The molecule has 1 heterocycles. The minimum Gasteiger partial charge on any atom is -0.493 e. The van der Waals surface area contributed by atoms with Gasteiger partial charge in [0.25, 0.3) is 0 Å². The molecule has 0 aliphatic carbocycles. The molecule has 3 rings (SSSR count). The van der Waals surface area contributed by atoms with E-state index in [1.54, 1.807) is 54.6 Å². The molecule has 0 aliphatic rings. The lowest BCUT2D eigenvalue weighted by molar-refractivity contribution is 0.104. The fourth-order valence-electron chi connectivity index (χ4n) is 2.54. The van der Waals surface area contributed by atoms with Gasteiger partial charge in [0.1, 0.15) is 23.9 Å². The van der Waals surface area contributed by atoms with Crippen LogP contribution in [-0.2, 0) is 6.61 Å². The third-order valence-electron chi connectivity index (χ3n) is 4.01. The van der Waals surface area contributed by atoms with Crippen LogP contribution in [-0.4, -0.2) is 20.0 Å². The van der Waals surface area contributed by atoms with Gasteiger partial charge < -0.3 is 18.6 Å². The van der Waals surface area contributed by atoms with Gasteiger partial charge in [-0.3, -0.25) is 4.79 Å². The van der Waals surface area contributed by atoms with Crippen LogP contribution < -0.4 is 14.2 Å². The second kappa shape index (κ2) is 9.54. The van der Waals surface area contributed by atoms with Gasteiger partial charge in [-0.15, -0.1) is 0 Å². The number of halogens is 2. The number of carbonyl (C=O) groups excluding carboxylic acids is 1. The summed E-state index contributed by atoms with van der Waals surface area (Å²) in [5.74, 6) is 2.43. The Morgan fingerprint density at radius 2 is 1.76 bits per heavy atom. The lowest BCUT2D eigenvalue weighted by Crippen LogP contribution is -1.97. The number of benzene rings is 2. The number of ketones is 1. The molecule has 29 heavy (non-hydrogen) atoms. The maximum absolute atomic E-state index is 12.4. The molecule has 0 unspecified atom stereocenters. The Bertz CT molecular complexity index is 1040. The second-order valence-electron chi connectivity index (χ2n) is 5.93. The highest BCUT2D eigenvalue weighted by atomic mass is 35.5. The van der Waals surface area contributed by atoms with E-state index >= 15 is 0 Å². The van der Waals surface area contributed by atoms with E-state index in [1.165, 1.54) is 20.3 Å². The third kappa shape index (κ3) is 5.34. The minimum absolute atomic E-state index is 0.178. The van der Waals surface area contributed by atoms with Crippen molar-refractivity contribution in [2.45, 2.75) is 6.61 Å². The van der Waals surface area contributed by atoms with E-state index in [4.69, 9.17) is 41.8 Å². The van der Waals surface area contributed by atoms with Gasteiger partial charge in [-0.2, -0.15) is 0 Å². The monoisotopic (exact) mass is 432 g/mol. The predicted octanol–water partition coefficient (Wildman–Crippen LogP) is 6.08. The van der Waals surface area contributed by atoms with Crippen molar-refractivity contribution >= 4 is 35.1 Å². The summed E-state index contributed by atoms with van der Waals surface area (Å²) in [5.41, 5.74) is 0.476. The molecule has 3 aromatic rings. The lowest BCUT2D eigenvalue weighted by Gasteiger charge is -2.07. The van der Waals surface area contributed by atoms with Crippen LogP contribution in [0.1, 0.15) is 21.9 Å². The summed E-state index contributed by atoms with van der Waals surface area (Å²) < 4.78 is 21.7. The van der Waals surface area contributed by atoms with Crippen molar-refractivity contribution in [2.75, 3.05) is 14.2 Å². The number of furan rings is 1. The molecule has 0 atom stereocenters. The quantitative estimate of drug-likeness (QED) is 0.318.